The molecule has 0 bridgehead atoms. The number of carboxylic acids is 1. The molecule has 0 aliphatic rings. The molecule has 1 rings (SSSR count). The predicted molar refractivity (Wildman–Crippen MR) is 61.6 cm³/mol. The molecule has 0 heterocycles. The van der Waals surface area contributed by atoms with Gasteiger partial charge in [-0.1, -0.05) is 37.8 Å². The molecule has 0 atom stereocenters. The van der Waals surface area contributed by atoms with Crippen LogP contribution in [0.3, 0.4) is 0 Å². The van der Waals surface area contributed by atoms with E-state index in [0.717, 1.165) is 18.1 Å². The quantitative estimate of drug-likeness (QED) is 0.602. The van der Waals surface area contributed by atoms with Crippen molar-refractivity contribution in [1.82, 2.24) is 0 Å². The highest BCUT2D eigenvalue weighted by atomic mass is 16.4. The minimum absolute atomic E-state index is 0.708. The summed E-state index contributed by atoms with van der Waals surface area (Å²) in [5.41, 5.74) is 2.92. The van der Waals surface area contributed by atoms with Gasteiger partial charge in [0.2, 0.25) is 0 Å². The van der Waals surface area contributed by atoms with Crippen molar-refractivity contribution < 1.29 is 9.90 Å². The van der Waals surface area contributed by atoms with E-state index < -0.39 is 5.97 Å². The van der Waals surface area contributed by atoms with Crippen LogP contribution in [0.2, 0.25) is 0 Å². The van der Waals surface area contributed by atoms with E-state index in [9.17, 15) is 4.79 Å². The molecule has 0 unspecified atom stereocenters. The van der Waals surface area contributed by atoms with E-state index in [1.807, 2.05) is 24.3 Å². The third-order valence-corrected chi connectivity index (χ3v) is 2.16. The van der Waals surface area contributed by atoms with E-state index in [-0.39, 0.29) is 0 Å². The number of rotatable bonds is 4. The monoisotopic (exact) mass is 202 g/mol. The van der Waals surface area contributed by atoms with Gasteiger partial charge in [-0.2, -0.15) is 0 Å². The third-order valence-electron chi connectivity index (χ3n) is 2.16. The van der Waals surface area contributed by atoms with E-state index in [2.05, 4.69) is 13.5 Å². The fourth-order valence-electron chi connectivity index (χ4n) is 1.22. The molecule has 0 fully saturated rings. The topological polar surface area (TPSA) is 37.3 Å². The summed E-state index contributed by atoms with van der Waals surface area (Å²) in [7, 11) is 0. The van der Waals surface area contributed by atoms with Gasteiger partial charge in [0.25, 0.3) is 0 Å². The minimum atomic E-state index is -0.957. The highest BCUT2D eigenvalue weighted by molar-refractivity contribution is 5.85. The van der Waals surface area contributed by atoms with Crippen LogP contribution in [0.15, 0.2) is 43.0 Å². The fraction of sp³-hybridized carbons (Fsp3) is 0.154. The largest absolute Gasteiger partial charge is 0.478 e. The van der Waals surface area contributed by atoms with Crippen molar-refractivity contribution in [3.05, 3.63) is 54.1 Å². The van der Waals surface area contributed by atoms with E-state index in [1.54, 1.807) is 0 Å². The van der Waals surface area contributed by atoms with Crippen LogP contribution in [0.1, 0.15) is 18.1 Å². The molecule has 2 heteroatoms. The molecule has 0 saturated carbocycles. The highest BCUT2D eigenvalue weighted by Crippen LogP contribution is 2.14. The molecular formula is C13H14O2. The lowest BCUT2D eigenvalue weighted by molar-refractivity contribution is -0.131. The van der Waals surface area contributed by atoms with Crippen molar-refractivity contribution in [3.8, 4) is 0 Å². The number of hydrogen-bond donors (Lipinski definition) is 1. The molecule has 15 heavy (non-hydrogen) atoms. The standard InChI is InChI=1S/C13H14O2/c1-3-11-5-7-12(8-6-11)10(2)4-9-13(14)15/h4-9H,2-3H2,1H3,(H,14,15)/b9-4+. The molecule has 1 aromatic carbocycles. The lowest BCUT2D eigenvalue weighted by atomic mass is 10.0. The van der Waals surface area contributed by atoms with Gasteiger partial charge >= 0.3 is 5.97 Å². The Kier molecular flexibility index (Phi) is 3.86. The molecule has 1 aromatic rings. The van der Waals surface area contributed by atoms with Crippen LogP contribution < -0.4 is 0 Å². The molecule has 0 saturated heterocycles. The number of carboxylic acid groups (broad SMARTS) is 1. The molecule has 0 aliphatic carbocycles. The second kappa shape index (κ2) is 5.15. The van der Waals surface area contributed by atoms with Crippen molar-refractivity contribution in [2.24, 2.45) is 0 Å². The van der Waals surface area contributed by atoms with Gasteiger partial charge in [-0.15, -0.1) is 0 Å². The van der Waals surface area contributed by atoms with Crippen LogP contribution >= 0.6 is 0 Å². The van der Waals surface area contributed by atoms with Gasteiger partial charge in [-0.25, -0.2) is 4.79 Å². The Morgan fingerprint density at radius 3 is 2.40 bits per heavy atom. The Bertz CT molecular complexity index is 386. The highest BCUT2D eigenvalue weighted by Gasteiger charge is 1.96. The van der Waals surface area contributed by atoms with E-state index >= 15 is 0 Å². The van der Waals surface area contributed by atoms with Crippen molar-refractivity contribution in [2.45, 2.75) is 13.3 Å². The second-order valence-electron chi connectivity index (χ2n) is 3.25. The van der Waals surface area contributed by atoms with Gasteiger partial charge in [0.1, 0.15) is 0 Å². The smallest absolute Gasteiger partial charge is 0.328 e. The molecule has 0 spiro atoms. The first kappa shape index (κ1) is 11.2. The van der Waals surface area contributed by atoms with Gasteiger partial charge in [0.15, 0.2) is 0 Å². The van der Waals surface area contributed by atoms with Crippen LogP contribution in [0.25, 0.3) is 5.57 Å². The summed E-state index contributed by atoms with van der Waals surface area (Å²) in [5.74, 6) is -0.957. The van der Waals surface area contributed by atoms with Crippen LogP contribution in [-0.4, -0.2) is 11.1 Å². The first-order valence-electron chi connectivity index (χ1n) is 4.82. The minimum Gasteiger partial charge on any atom is -0.478 e. The number of allylic oxidation sites excluding steroid dienone is 2. The number of aryl methyl sites for hydroxylation is 1. The summed E-state index contributed by atoms with van der Waals surface area (Å²) in [6.45, 7) is 5.89. The van der Waals surface area contributed by atoms with Crippen LogP contribution in [0.4, 0.5) is 0 Å². The summed E-state index contributed by atoms with van der Waals surface area (Å²) in [6.07, 6.45) is 3.59. The predicted octanol–water partition coefficient (Wildman–Crippen LogP) is 2.90. The number of benzene rings is 1. The molecule has 0 radical (unpaired) electrons. The SMILES string of the molecule is C=C(/C=C/C(=O)O)c1ccc(CC)cc1. The number of hydrogen-bond acceptors (Lipinski definition) is 1. The summed E-state index contributed by atoms with van der Waals surface area (Å²) < 4.78 is 0. The number of aliphatic carboxylic acids is 1. The van der Waals surface area contributed by atoms with Crippen LogP contribution in [-0.2, 0) is 11.2 Å². The first-order chi connectivity index (χ1) is 7.13. The molecule has 0 aromatic heterocycles. The molecule has 1 N–H and O–H groups in total. The normalized spacial score (nSPS) is 10.5. The Labute approximate surface area is 89.6 Å². The zero-order valence-electron chi connectivity index (χ0n) is 8.73. The van der Waals surface area contributed by atoms with E-state index in [0.29, 0.717) is 5.57 Å². The summed E-state index contributed by atoms with van der Waals surface area (Å²) in [6, 6.07) is 7.95. The van der Waals surface area contributed by atoms with Gasteiger partial charge in [0.05, 0.1) is 0 Å². The summed E-state index contributed by atoms with van der Waals surface area (Å²) >= 11 is 0. The lowest BCUT2D eigenvalue weighted by Gasteiger charge is -2.01. The van der Waals surface area contributed by atoms with Gasteiger partial charge in [-0.05, 0) is 29.2 Å². The lowest BCUT2D eigenvalue weighted by Crippen LogP contribution is -1.87. The fourth-order valence-corrected chi connectivity index (χ4v) is 1.22. The molecular weight excluding hydrogens is 188 g/mol. The maximum atomic E-state index is 10.3. The summed E-state index contributed by atoms with van der Waals surface area (Å²) in [4.78, 5) is 10.3. The second-order valence-corrected chi connectivity index (χ2v) is 3.25. The van der Waals surface area contributed by atoms with Gasteiger partial charge in [-0.3, -0.25) is 0 Å². The Balaban J connectivity index is 2.79. The zero-order valence-corrected chi connectivity index (χ0v) is 8.73. The van der Waals surface area contributed by atoms with Crippen LogP contribution in [0, 0.1) is 0 Å². The van der Waals surface area contributed by atoms with Gasteiger partial charge < -0.3 is 5.11 Å². The average Bonchev–Trinajstić information content (AvgIpc) is 2.26. The molecule has 0 aliphatic heterocycles. The first-order valence-corrected chi connectivity index (χ1v) is 4.82. The maximum Gasteiger partial charge on any atom is 0.328 e. The van der Waals surface area contributed by atoms with Crippen molar-refractivity contribution in [3.63, 3.8) is 0 Å². The third kappa shape index (κ3) is 3.43. The summed E-state index contributed by atoms with van der Waals surface area (Å²) in [5, 5.41) is 8.46. The van der Waals surface area contributed by atoms with Crippen molar-refractivity contribution in [1.29, 1.82) is 0 Å². The van der Waals surface area contributed by atoms with Crippen molar-refractivity contribution >= 4 is 11.5 Å². The van der Waals surface area contributed by atoms with Gasteiger partial charge in [0, 0.05) is 6.08 Å². The average molecular weight is 202 g/mol. The Morgan fingerprint density at radius 1 is 1.33 bits per heavy atom. The van der Waals surface area contributed by atoms with E-state index in [1.165, 1.54) is 11.6 Å². The zero-order chi connectivity index (χ0) is 11.3. The Morgan fingerprint density at radius 2 is 1.93 bits per heavy atom. The molecule has 2 nitrogen and oxygen atoms in total. The van der Waals surface area contributed by atoms with Crippen LogP contribution in [0.5, 0.6) is 0 Å². The Hall–Kier alpha value is -1.83. The molecule has 0 amide bonds. The van der Waals surface area contributed by atoms with Crippen molar-refractivity contribution in [2.75, 3.05) is 0 Å². The van der Waals surface area contributed by atoms with E-state index in [4.69, 9.17) is 5.11 Å². The number of carbonyl (C=O) groups is 1. The maximum absolute atomic E-state index is 10.3. The molecule has 78 valence electrons.